The van der Waals surface area contributed by atoms with Crippen molar-refractivity contribution in [3.05, 3.63) is 64.1 Å². The highest BCUT2D eigenvalue weighted by molar-refractivity contribution is 5.90. The van der Waals surface area contributed by atoms with Gasteiger partial charge in [0.2, 0.25) is 5.91 Å². The summed E-state index contributed by atoms with van der Waals surface area (Å²) in [5, 5.41) is 6.20. The minimum absolute atomic E-state index is 0.00163. The van der Waals surface area contributed by atoms with Gasteiger partial charge in [-0.1, -0.05) is 0 Å². The first-order valence-corrected chi connectivity index (χ1v) is 9.62. The first-order valence-electron chi connectivity index (χ1n) is 9.62. The van der Waals surface area contributed by atoms with E-state index in [1.165, 1.54) is 12.1 Å². The second-order valence-electron chi connectivity index (χ2n) is 7.47. The van der Waals surface area contributed by atoms with E-state index in [-0.39, 0.29) is 22.8 Å². The molecular formula is C20H14F4N6O2. The average Bonchev–Trinajstić information content (AvgIpc) is 3.49. The first kappa shape index (κ1) is 20.1. The summed E-state index contributed by atoms with van der Waals surface area (Å²) in [5.74, 6) is -1.24. The number of anilines is 1. The number of aromatic nitrogens is 5. The fourth-order valence-electron chi connectivity index (χ4n) is 3.52. The molecular weight excluding hydrogens is 432 g/mol. The molecule has 0 atom stereocenters. The van der Waals surface area contributed by atoms with E-state index in [1.54, 1.807) is 6.07 Å². The molecule has 1 fully saturated rings. The topological polar surface area (TPSA) is 94.2 Å². The van der Waals surface area contributed by atoms with Crippen LogP contribution in [-0.2, 0) is 17.5 Å². The molecule has 0 aromatic carbocycles. The normalized spacial score (nSPS) is 14.2. The van der Waals surface area contributed by atoms with Gasteiger partial charge in [0.05, 0.1) is 17.8 Å². The van der Waals surface area contributed by atoms with E-state index in [4.69, 9.17) is 0 Å². The predicted molar refractivity (Wildman–Crippen MR) is 105 cm³/mol. The molecule has 1 aliphatic rings. The summed E-state index contributed by atoms with van der Waals surface area (Å²) in [7, 11) is 0. The van der Waals surface area contributed by atoms with Crippen LogP contribution in [0.4, 0.5) is 23.4 Å². The predicted octanol–water partition coefficient (Wildman–Crippen LogP) is 3.11. The van der Waals surface area contributed by atoms with Crippen molar-refractivity contribution in [3.8, 4) is 0 Å². The maximum absolute atomic E-state index is 13.7. The SMILES string of the molecule is O=C(Cn1c(=O)c2ccc(C3CC3)nc2n2ncc(C(F)(F)F)c12)Nc1ccc(F)cn1. The van der Waals surface area contributed by atoms with E-state index in [1.807, 2.05) is 0 Å². The van der Waals surface area contributed by atoms with Crippen LogP contribution in [0.3, 0.4) is 0 Å². The highest BCUT2D eigenvalue weighted by Gasteiger charge is 2.37. The number of hydrogen-bond donors (Lipinski definition) is 1. The second-order valence-corrected chi connectivity index (χ2v) is 7.47. The maximum atomic E-state index is 13.7. The Hall–Kier alpha value is -3.83. The molecule has 0 spiro atoms. The van der Waals surface area contributed by atoms with Gasteiger partial charge in [-0.3, -0.25) is 14.2 Å². The van der Waals surface area contributed by atoms with Gasteiger partial charge in [0, 0.05) is 11.6 Å². The molecule has 0 bridgehead atoms. The van der Waals surface area contributed by atoms with Gasteiger partial charge >= 0.3 is 6.18 Å². The van der Waals surface area contributed by atoms with Gasteiger partial charge in [-0.2, -0.15) is 22.8 Å². The smallest absolute Gasteiger partial charge is 0.309 e. The average molecular weight is 446 g/mol. The van der Waals surface area contributed by atoms with Crippen LogP contribution in [0.25, 0.3) is 16.7 Å². The number of carbonyl (C=O) groups is 1. The van der Waals surface area contributed by atoms with E-state index in [9.17, 15) is 27.2 Å². The van der Waals surface area contributed by atoms with Crippen molar-refractivity contribution < 1.29 is 22.4 Å². The van der Waals surface area contributed by atoms with Crippen molar-refractivity contribution in [2.45, 2.75) is 31.5 Å². The van der Waals surface area contributed by atoms with Crippen LogP contribution in [0.1, 0.15) is 30.0 Å². The molecule has 164 valence electrons. The first-order chi connectivity index (χ1) is 15.2. The molecule has 4 heterocycles. The zero-order chi connectivity index (χ0) is 22.6. The molecule has 4 aromatic heterocycles. The number of alkyl halides is 3. The lowest BCUT2D eigenvalue weighted by atomic mass is 10.2. The quantitative estimate of drug-likeness (QED) is 0.486. The number of hydrogen-bond acceptors (Lipinski definition) is 5. The summed E-state index contributed by atoms with van der Waals surface area (Å²) in [6.45, 7) is -0.740. The highest BCUT2D eigenvalue weighted by Crippen LogP contribution is 2.39. The molecule has 0 unspecified atom stereocenters. The lowest BCUT2D eigenvalue weighted by Gasteiger charge is -2.13. The van der Waals surface area contributed by atoms with E-state index in [0.29, 0.717) is 16.5 Å². The Morgan fingerprint density at radius 2 is 1.94 bits per heavy atom. The van der Waals surface area contributed by atoms with Gasteiger partial charge in [-0.25, -0.2) is 14.4 Å². The largest absolute Gasteiger partial charge is 0.421 e. The number of nitrogens with one attached hydrogen (secondary N) is 1. The Morgan fingerprint density at radius 3 is 2.59 bits per heavy atom. The Kier molecular flexibility index (Phi) is 4.46. The van der Waals surface area contributed by atoms with E-state index in [2.05, 4.69) is 20.4 Å². The van der Waals surface area contributed by atoms with Crippen molar-refractivity contribution in [3.63, 3.8) is 0 Å². The number of rotatable bonds is 4. The summed E-state index contributed by atoms with van der Waals surface area (Å²) in [6.07, 6.45) is -1.49. The number of carbonyl (C=O) groups excluding carboxylic acids is 1. The van der Waals surface area contributed by atoms with Crippen molar-refractivity contribution in [1.82, 2.24) is 24.1 Å². The van der Waals surface area contributed by atoms with Crippen LogP contribution in [-0.4, -0.2) is 30.1 Å². The van der Waals surface area contributed by atoms with Gasteiger partial charge in [-0.15, -0.1) is 0 Å². The zero-order valence-corrected chi connectivity index (χ0v) is 16.2. The van der Waals surface area contributed by atoms with Gasteiger partial charge < -0.3 is 5.32 Å². The lowest BCUT2D eigenvalue weighted by molar-refractivity contribution is -0.136. The fraction of sp³-hybridized carbons (Fsp3) is 0.250. The summed E-state index contributed by atoms with van der Waals surface area (Å²) < 4.78 is 55.7. The Morgan fingerprint density at radius 1 is 1.16 bits per heavy atom. The molecule has 4 aromatic rings. The minimum atomic E-state index is -4.81. The monoisotopic (exact) mass is 446 g/mol. The second kappa shape index (κ2) is 7.11. The molecule has 0 saturated heterocycles. The molecule has 32 heavy (non-hydrogen) atoms. The summed E-state index contributed by atoms with van der Waals surface area (Å²) in [6, 6.07) is 5.40. The van der Waals surface area contributed by atoms with Crippen molar-refractivity contribution >= 4 is 28.4 Å². The zero-order valence-electron chi connectivity index (χ0n) is 16.2. The van der Waals surface area contributed by atoms with Crippen molar-refractivity contribution in [1.29, 1.82) is 0 Å². The molecule has 5 rings (SSSR count). The molecule has 12 heteroatoms. The van der Waals surface area contributed by atoms with Crippen molar-refractivity contribution in [2.75, 3.05) is 5.32 Å². The third kappa shape index (κ3) is 3.47. The van der Waals surface area contributed by atoms with Crippen LogP contribution in [0, 0.1) is 5.82 Å². The molecule has 1 amide bonds. The van der Waals surface area contributed by atoms with Crippen LogP contribution in [0.15, 0.2) is 41.5 Å². The third-order valence-corrected chi connectivity index (χ3v) is 5.17. The molecule has 1 saturated carbocycles. The molecule has 0 radical (unpaired) electrons. The molecule has 1 aliphatic carbocycles. The van der Waals surface area contributed by atoms with E-state index < -0.39 is 41.2 Å². The fourth-order valence-corrected chi connectivity index (χ4v) is 3.52. The summed E-state index contributed by atoms with van der Waals surface area (Å²) in [5.41, 5.74) is -1.88. The molecule has 8 nitrogen and oxygen atoms in total. The van der Waals surface area contributed by atoms with Crippen LogP contribution >= 0.6 is 0 Å². The summed E-state index contributed by atoms with van der Waals surface area (Å²) >= 11 is 0. The third-order valence-electron chi connectivity index (χ3n) is 5.17. The Balaban J connectivity index is 1.65. The molecule has 0 aliphatic heterocycles. The highest BCUT2D eigenvalue weighted by atomic mass is 19.4. The number of amides is 1. The van der Waals surface area contributed by atoms with Gasteiger partial charge in [0.25, 0.3) is 5.56 Å². The van der Waals surface area contributed by atoms with Crippen LogP contribution in [0.5, 0.6) is 0 Å². The van der Waals surface area contributed by atoms with E-state index >= 15 is 0 Å². The number of fused-ring (bicyclic) bond motifs is 3. The van der Waals surface area contributed by atoms with Crippen LogP contribution in [0.2, 0.25) is 0 Å². The van der Waals surface area contributed by atoms with Crippen LogP contribution < -0.4 is 10.9 Å². The van der Waals surface area contributed by atoms with Crippen molar-refractivity contribution in [2.24, 2.45) is 0 Å². The molecule has 1 N–H and O–H groups in total. The van der Waals surface area contributed by atoms with Gasteiger partial charge in [0.15, 0.2) is 11.3 Å². The number of nitrogens with zero attached hydrogens (tertiary/aromatic N) is 5. The minimum Gasteiger partial charge on any atom is -0.309 e. The standard InChI is InChI=1S/C20H14F4N6O2/c21-11-3-6-15(25-7-11)28-16(31)9-29-18-13(20(22,23)24)8-26-30(18)17-12(19(29)32)4-5-14(27-17)10-1-2-10/h3-8,10H,1-2,9H2,(H,25,28,31). The van der Waals surface area contributed by atoms with Gasteiger partial charge in [-0.05, 0) is 37.1 Å². The maximum Gasteiger partial charge on any atom is 0.421 e. The lowest BCUT2D eigenvalue weighted by Crippen LogP contribution is -2.30. The number of halogens is 4. The van der Waals surface area contributed by atoms with Gasteiger partial charge in [0.1, 0.15) is 23.7 Å². The Labute approximate surface area is 176 Å². The summed E-state index contributed by atoms with van der Waals surface area (Å²) in [4.78, 5) is 33.7. The Bertz CT molecular complexity index is 1420. The number of pyridine rings is 2. The van der Waals surface area contributed by atoms with E-state index in [0.717, 1.165) is 29.6 Å².